The molecule has 4 nitrogen and oxygen atoms in total. The van der Waals surface area contributed by atoms with Gasteiger partial charge in [0.2, 0.25) is 0 Å². The summed E-state index contributed by atoms with van der Waals surface area (Å²) in [6, 6.07) is 0. The van der Waals surface area contributed by atoms with Crippen molar-refractivity contribution in [2.45, 2.75) is 19.3 Å². The van der Waals surface area contributed by atoms with E-state index in [2.05, 4.69) is 16.2 Å². The van der Waals surface area contributed by atoms with Crippen molar-refractivity contribution in [1.82, 2.24) is 5.59 Å². The van der Waals surface area contributed by atoms with Crippen molar-refractivity contribution in [3.8, 4) is 0 Å². The van der Waals surface area contributed by atoms with Gasteiger partial charge in [0.05, 0.1) is 5.71 Å². The minimum Gasteiger partial charge on any atom is -0.284 e. The quantitative estimate of drug-likeness (QED) is 0.434. The van der Waals surface area contributed by atoms with E-state index in [0.717, 1.165) is 25.0 Å². The van der Waals surface area contributed by atoms with Gasteiger partial charge in [0.1, 0.15) is 0 Å². The van der Waals surface area contributed by atoms with Crippen molar-refractivity contribution in [1.29, 1.82) is 0 Å². The van der Waals surface area contributed by atoms with Crippen LogP contribution in [0.5, 0.6) is 0 Å². The lowest BCUT2D eigenvalue weighted by molar-refractivity contribution is 0.0465. The Labute approximate surface area is 59.6 Å². The molecule has 0 aromatic rings. The molecule has 4 heteroatoms. The van der Waals surface area contributed by atoms with E-state index in [-0.39, 0.29) is 0 Å². The number of hydrazine groups is 1. The molecule has 0 aromatic carbocycles. The van der Waals surface area contributed by atoms with Crippen LogP contribution in [0.3, 0.4) is 0 Å². The summed E-state index contributed by atoms with van der Waals surface area (Å²) >= 11 is 0. The molecule has 0 spiro atoms. The molecule has 1 rings (SSSR count). The van der Waals surface area contributed by atoms with Gasteiger partial charge in [0, 0.05) is 0 Å². The Morgan fingerprint density at radius 1 is 1.70 bits per heavy atom. The molecule has 56 valence electrons. The van der Waals surface area contributed by atoms with Crippen molar-refractivity contribution in [3.05, 3.63) is 12.2 Å². The van der Waals surface area contributed by atoms with Gasteiger partial charge in [-0.15, -0.1) is 0 Å². The maximum Gasteiger partial charge on any atom is 0.0820 e. The molecule has 0 saturated carbocycles. The molecule has 3 N–H and O–H groups in total. The van der Waals surface area contributed by atoms with Gasteiger partial charge in [-0.3, -0.25) is 4.94 Å². The molecule has 0 radical (unpaired) electrons. The van der Waals surface area contributed by atoms with Crippen LogP contribution in [0.25, 0.3) is 0 Å². The highest BCUT2D eigenvalue weighted by Crippen LogP contribution is 2.06. The summed E-state index contributed by atoms with van der Waals surface area (Å²) in [5.41, 5.74) is 2.93. The summed E-state index contributed by atoms with van der Waals surface area (Å²) in [6.45, 7) is 0. The second kappa shape index (κ2) is 4.03. The van der Waals surface area contributed by atoms with E-state index in [1.807, 2.05) is 11.7 Å². The lowest BCUT2D eigenvalue weighted by Gasteiger charge is -2.03. The van der Waals surface area contributed by atoms with Gasteiger partial charge in [-0.25, -0.2) is 5.84 Å². The molecule has 0 amide bonds. The van der Waals surface area contributed by atoms with E-state index >= 15 is 0 Å². The standard InChI is InChI=1S/C6H11N3O/c7-9-10-8-6-4-2-1-3-5-6/h2,4,9H,1,3,5,7H2/b8-6-. The average Bonchev–Trinajstić information content (AvgIpc) is 2.03. The van der Waals surface area contributed by atoms with Gasteiger partial charge < -0.3 is 0 Å². The van der Waals surface area contributed by atoms with Crippen LogP contribution >= 0.6 is 0 Å². The van der Waals surface area contributed by atoms with E-state index in [1.54, 1.807) is 0 Å². The Hall–Kier alpha value is -0.870. The fourth-order valence-electron chi connectivity index (χ4n) is 0.865. The van der Waals surface area contributed by atoms with Crippen LogP contribution in [0.2, 0.25) is 0 Å². The van der Waals surface area contributed by atoms with Crippen LogP contribution < -0.4 is 11.4 Å². The minimum absolute atomic E-state index is 0.934. The summed E-state index contributed by atoms with van der Waals surface area (Å²) in [6.07, 6.45) is 7.26. The van der Waals surface area contributed by atoms with Gasteiger partial charge >= 0.3 is 0 Å². The lowest BCUT2D eigenvalue weighted by atomic mass is 10.1. The van der Waals surface area contributed by atoms with Crippen LogP contribution in [0.4, 0.5) is 0 Å². The third-order valence-corrected chi connectivity index (χ3v) is 1.33. The summed E-state index contributed by atoms with van der Waals surface area (Å²) in [4.78, 5) is 4.44. The number of nitrogens with zero attached hydrogens (tertiary/aromatic N) is 1. The highest BCUT2D eigenvalue weighted by atomic mass is 16.8. The summed E-state index contributed by atoms with van der Waals surface area (Å²) < 4.78 is 0. The normalized spacial score (nSPS) is 21.5. The molecule has 0 unspecified atom stereocenters. The van der Waals surface area contributed by atoms with E-state index in [1.165, 1.54) is 0 Å². The topological polar surface area (TPSA) is 59.6 Å². The summed E-state index contributed by atoms with van der Waals surface area (Å²) in [7, 11) is 0. The van der Waals surface area contributed by atoms with Gasteiger partial charge in [-0.2, -0.15) is 0 Å². The third-order valence-electron chi connectivity index (χ3n) is 1.33. The number of hydrogen-bond acceptors (Lipinski definition) is 4. The second-order valence-corrected chi connectivity index (χ2v) is 2.09. The van der Waals surface area contributed by atoms with Crippen molar-refractivity contribution < 1.29 is 4.94 Å². The van der Waals surface area contributed by atoms with Crippen molar-refractivity contribution in [2.75, 3.05) is 0 Å². The first-order chi connectivity index (χ1) is 4.93. The maximum absolute atomic E-state index is 4.84. The Morgan fingerprint density at radius 2 is 2.60 bits per heavy atom. The SMILES string of the molecule is NNO/N=C1/C=CCCC1. The third kappa shape index (κ3) is 2.16. The van der Waals surface area contributed by atoms with Crippen LogP contribution in [0.1, 0.15) is 19.3 Å². The summed E-state index contributed by atoms with van der Waals surface area (Å²) in [5.74, 6) is 4.84. The molecule has 0 aliphatic heterocycles. The van der Waals surface area contributed by atoms with Gasteiger partial charge in [0.25, 0.3) is 0 Å². The number of nitrogens with two attached hydrogens (primary N) is 1. The van der Waals surface area contributed by atoms with Crippen molar-refractivity contribution in [3.63, 3.8) is 0 Å². The predicted octanol–water partition coefficient (Wildman–Crippen LogP) is 0.477. The van der Waals surface area contributed by atoms with Gasteiger partial charge in [0.15, 0.2) is 0 Å². The monoisotopic (exact) mass is 141 g/mol. The molecule has 0 saturated heterocycles. The molecule has 0 aromatic heterocycles. The van der Waals surface area contributed by atoms with Crippen LogP contribution in [0.15, 0.2) is 17.3 Å². The van der Waals surface area contributed by atoms with E-state index in [4.69, 9.17) is 5.84 Å². The van der Waals surface area contributed by atoms with E-state index in [0.29, 0.717) is 0 Å². The van der Waals surface area contributed by atoms with Crippen LogP contribution in [-0.2, 0) is 4.94 Å². The first kappa shape index (κ1) is 7.24. The zero-order chi connectivity index (χ0) is 7.23. The zero-order valence-electron chi connectivity index (χ0n) is 5.71. The molecule has 10 heavy (non-hydrogen) atoms. The number of nitrogens with one attached hydrogen (secondary N) is 1. The van der Waals surface area contributed by atoms with Crippen molar-refractivity contribution >= 4 is 5.71 Å². The zero-order valence-corrected chi connectivity index (χ0v) is 5.71. The fraction of sp³-hybridized carbons (Fsp3) is 0.500. The number of oxime groups is 1. The molecular formula is C6H11N3O. The van der Waals surface area contributed by atoms with Crippen LogP contribution in [0, 0.1) is 0 Å². The predicted molar refractivity (Wildman–Crippen MR) is 38.8 cm³/mol. The molecular weight excluding hydrogens is 130 g/mol. The molecule has 1 aliphatic rings. The Bertz CT molecular complexity index is 153. The van der Waals surface area contributed by atoms with Gasteiger partial charge in [-0.05, 0) is 25.3 Å². The Kier molecular flexibility index (Phi) is 2.92. The molecule has 0 atom stereocenters. The molecule has 1 aliphatic carbocycles. The highest BCUT2D eigenvalue weighted by Gasteiger charge is 1.99. The molecule has 0 fully saturated rings. The summed E-state index contributed by atoms with van der Waals surface area (Å²) in [5, 5.41) is 3.70. The highest BCUT2D eigenvalue weighted by molar-refractivity contribution is 5.95. The first-order valence-electron chi connectivity index (χ1n) is 3.28. The Morgan fingerprint density at radius 3 is 3.20 bits per heavy atom. The number of rotatable bonds is 2. The minimum atomic E-state index is 0.934. The molecule has 0 bridgehead atoms. The largest absolute Gasteiger partial charge is 0.284 e. The van der Waals surface area contributed by atoms with E-state index < -0.39 is 0 Å². The van der Waals surface area contributed by atoms with E-state index in [9.17, 15) is 0 Å². The van der Waals surface area contributed by atoms with Crippen LogP contribution in [-0.4, -0.2) is 5.71 Å². The Balaban J connectivity index is 2.38. The smallest absolute Gasteiger partial charge is 0.0820 e. The van der Waals surface area contributed by atoms with Crippen molar-refractivity contribution in [2.24, 2.45) is 11.0 Å². The maximum atomic E-state index is 4.84. The lowest BCUT2D eigenvalue weighted by Crippen LogP contribution is -2.20. The molecule has 0 heterocycles. The van der Waals surface area contributed by atoms with Gasteiger partial charge in [-0.1, -0.05) is 16.8 Å². The number of hydrogen-bond donors (Lipinski definition) is 2. The second-order valence-electron chi connectivity index (χ2n) is 2.09. The number of allylic oxidation sites excluding steroid dienone is 2. The first-order valence-corrected chi connectivity index (χ1v) is 3.28. The average molecular weight is 141 g/mol. The fourth-order valence-corrected chi connectivity index (χ4v) is 0.865.